The maximum atomic E-state index is 5.80. The molecule has 0 radical (unpaired) electrons. The van der Waals surface area contributed by atoms with Crippen LogP contribution in [-0.2, 0) is 6.54 Å². The van der Waals surface area contributed by atoms with Gasteiger partial charge in [0.2, 0.25) is 0 Å². The van der Waals surface area contributed by atoms with E-state index in [2.05, 4.69) is 20.3 Å². The van der Waals surface area contributed by atoms with Crippen LogP contribution in [0.15, 0.2) is 49.1 Å². The van der Waals surface area contributed by atoms with Crippen molar-refractivity contribution in [2.75, 3.05) is 5.32 Å². The third-order valence-corrected chi connectivity index (χ3v) is 3.35. The van der Waals surface area contributed by atoms with Gasteiger partial charge in [-0.15, -0.1) is 0 Å². The first-order valence-corrected chi connectivity index (χ1v) is 6.83. The Balaban J connectivity index is 2.02. The summed E-state index contributed by atoms with van der Waals surface area (Å²) in [5.74, 6) is 0. The lowest BCUT2D eigenvalue weighted by Gasteiger charge is -2.13. The van der Waals surface area contributed by atoms with Crippen LogP contribution < -0.4 is 11.1 Å². The van der Waals surface area contributed by atoms with Gasteiger partial charge in [0.15, 0.2) is 0 Å². The molecule has 104 valence electrons. The average molecular weight is 295 g/mol. The van der Waals surface area contributed by atoms with E-state index in [1.165, 1.54) is 6.33 Å². The van der Waals surface area contributed by atoms with Crippen LogP contribution in [0.3, 0.4) is 0 Å². The molecule has 0 saturated carbocycles. The molecule has 0 saturated heterocycles. The molecule has 0 bridgehead atoms. The molecule has 6 heteroatoms. The maximum absolute atomic E-state index is 5.80. The number of fused-ring (bicyclic) bond motifs is 1. The molecular formula is C15H13N5S. The molecule has 3 rings (SSSR count). The zero-order valence-electron chi connectivity index (χ0n) is 11.2. The fourth-order valence-electron chi connectivity index (χ4n) is 2.12. The van der Waals surface area contributed by atoms with Gasteiger partial charge in [0.25, 0.3) is 0 Å². The molecule has 0 aliphatic carbocycles. The standard InChI is InChI=1S/C15H13N5S/c16-15(21)12-8-18-13-4-2-1-3-11(13)14(12)19-7-10-5-6-17-9-20-10/h1-6,8-9H,7H2,(H2,16,21)(H,18,19). The minimum atomic E-state index is 0.318. The van der Waals surface area contributed by atoms with Gasteiger partial charge in [-0.25, -0.2) is 9.97 Å². The number of thiocarbonyl (C=S) groups is 1. The number of nitrogens with two attached hydrogens (primary N) is 1. The van der Waals surface area contributed by atoms with E-state index in [1.807, 2.05) is 30.3 Å². The van der Waals surface area contributed by atoms with Crippen molar-refractivity contribution >= 4 is 33.8 Å². The number of aromatic nitrogens is 3. The van der Waals surface area contributed by atoms with Crippen molar-refractivity contribution in [1.82, 2.24) is 15.0 Å². The highest BCUT2D eigenvalue weighted by atomic mass is 32.1. The molecule has 0 atom stereocenters. The van der Waals surface area contributed by atoms with E-state index in [0.29, 0.717) is 11.5 Å². The number of rotatable bonds is 4. The predicted octanol–water partition coefficient (Wildman–Crippen LogP) is 2.27. The van der Waals surface area contributed by atoms with Gasteiger partial charge < -0.3 is 11.1 Å². The Hall–Kier alpha value is -2.60. The Morgan fingerprint density at radius 3 is 2.81 bits per heavy atom. The summed E-state index contributed by atoms with van der Waals surface area (Å²) in [6.07, 6.45) is 4.94. The van der Waals surface area contributed by atoms with Gasteiger partial charge in [0, 0.05) is 17.8 Å². The molecule has 0 spiro atoms. The van der Waals surface area contributed by atoms with Crippen molar-refractivity contribution in [1.29, 1.82) is 0 Å². The molecule has 3 N–H and O–H groups in total. The maximum Gasteiger partial charge on any atom is 0.115 e. The van der Waals surface area contributed by atoms with Crippen molar-refractivity contribution in [2.24, 2.45) is 5.73 Å². The second-order valence-corrected chi connectivity index (χ2v) is 4.92. The molecule has 2 aromatic heterocycles. The summed E-state index contributed by atoms with van der Waals surface area (Å²) < 4.78 is 0. The van der Waals surface area contributed by atoms with Crippen LogP contribution >= 0.6 is 12.2 Å². The van der Waals surface area contributed by atoms with E-state index in [1.54, 1.807) is 12.4 Å². The number of nitrogens with one attached hydrogen (secondary N) is 1. The first-order chi connectivity index (χ1) is 10.3. The van der Waals surface area contributed by atoms with Gasteiger partial charge in [-0.05, 0) is 12.1 Å². The molecule has 2 heterocycles. The monoisotopic (exact) mass is 295 g/mol. The first kappa shape index (κ1) is 13.4. The quantitative estimate of drug-likeness (QED) is 0.719. The van der Waals surface area contributed by atoms with Crippen LogP contribution in [0, 0.1) is 0 Å². The largest absolute Gasteiger partial charge is 0.389 e. The van der Waals surface area contributed by atoms with Crippen LogP contribution in [-0.4, -0.2) is 19.9 Å². The minimum Gasteiger partial charge on any atom is -0.389 e. The molecule has 1 aromatic carbocycles. The highest BCUT2D eigenvalue weighted by Gasteiger charge is 2.10. The minimum absolute atomic E-state index is 0.318. The normalized spacial score (nSPS) is 10.5. The van der Waals surface area contributed by atoms with Gasteiger partial charge in [-0.1, -0.05) is 30.4 Å². The van der Waals surface area contributed by atoms with Gasteiger partial charge in [-0.3, -0.25) is 4.98 Å². The Labute approximate surface area is 127 Å². The van der Waals surface area contributed by atoms with Crippen LogP contribution in [0.4, 0.5) is 5.69 Å². The summed E-state index contributed by atoms with van der Waals surface area (Å²) in [7, 11) is 0. The Bertz CT molecular complexity index is 788. The second kappa shape index (κ2) is 5.80. The summed E-state index contributed by atoms with van der Waals surface area (Å²) in [5, 5.41) is 4.34. The summed E-state index contributed by atoms with van der Waals surface area (Å²) in [4.78, 5) is 12.8. The van der Waals surface area contributed by atoms with E-state index >= 15 is 0 Å². The van der Waals surface area contributed by atoms with Gasteiger partial charge >= 0.3 is 0 Å². The Morgan fingerprint density at radius 2 is 2.05 bits per heavy atom. The molecule has 0 unspecified atom stereocenters. The van der Waals surface area contributed by atoms with Crippen LogP contribution in [0.1, 0.15) is 11.3 Å². The molecule has 3 aromatic rings. The summed E-state index contributed by atoms with van der Waals surface area (Å²) >= 11 is 5.12. The van der Waals surface area contributed by atoms with Crippen molar-refractivity contribution in [3.05, 3.63) is 60.3 Å². The third kappa shape index (κ3) is 2.80. The molecule has 0 aliphatic heterocycles. The number of benzene rings is 1. The van der Waals surface area contributed by atoms with Gasteiger partial charge in [0.1, 0.15) is 11.3 Å². The lowest BCUT2D eigenvalue weighted by Crippen LogP contribution is -2.14. The molecule has 5 nitrogen and oxygen atoms in total. The van der Waals surface area contributed by atoms with E-state index in [-0.39, 0.29) is 0 Å². The number of anilines is 1. The average Bonchev–Trinajstić information content (AvgIpc) is 2.53. The Morgan fingerprint density at radius 1 is 1.19 bits per heavy atom. The number of hydrogen-bond donors (Lipinski definition) is 2. The van der Waals surface area contributed by atoms with Gasteiger partial charge in [-0.2, -0.15) is 0 Å². The molecular weight excluding hydrogens is 282 g/mol. The van der Waals surface area contributed by atoms with E-state index in [9.17, 15) is 0 Å². The van der Waals surface area contributed by atoms with E-state index in [4.69, 9.17) is 18.0 Å². The van der Waals surface area contributed by atoms with Crippen molar-refractivity contribution in [3.63, 3.8) is 0 Å². The fourth-order valence-corrected chi connectivity index (χ4v) is 2.27. The van der Waals surface area contributed by atoms with Gasteiger partial charge in [0.05, 0.1) is 29.0 Å². The van der Waals surface area contributed by atoms with Crippen molar-refractivity contribution in [2.45, 2.75) is 6.54 Å². The smallest absolute Gasteiger partial charge is 0.115 e. The highest BCUT2D eigenvalue weighted by molar-refractivity contribution is 7.80. The van der Waals surface area contributed by atoms with E-state index < -0.39 is 0 Å². The topological polar surface area (TPSA) is 76.7 Å². The van der Waals surface area contributed by atoms with Crippen LogP contribution in [0.2, 0.25) is 0 Å². The SMILES string of the molecule is NC(=S)c1cnc2ccccc2c1NCc1ccncn1. The third-order valence-electron chi connectivity index (χ3n) is 3.13. The van der Waals surface area contributed by atoms with Crippen LogP contribution in [0.5, 0.6) is 0 Å². The van der Waals surface area contributed by atoms with Crippen molar-refractivity contribution < 1.29 is 0 Å². The fraction of sp³-hybridized carbons (Fsp3) is 0.0667. The summed E-state index contributed by atoms with van der Waals surface area (Å²) in [5.41, 5.74) is 9.20. The zero-order chi connectivity index (χ0) is 14.7. The zero-order valence-corrected chi connectivity index (χ0v) is 12.0. The molecule has 0 aliphatic rings. The summed E-state index contributed by atoms with van der Waals surface area (Å²) in [6, 6.07) is 9.71. The number of nitrogens with zero attached hydrogens (tertiary/aromatic N) is 3. The van der Waals surface area contributed by atoms with Crippen molar-refractivity contribution in [3.8, 4) is 0 Å². The number of pyridine rings is 1. The van der Waals surface area contributed by atoms with Crippen LogP contribution in [0.25, 0.3) is 10.9 Å². The Kier molecular flexibility index (Phi) is 3.70. The lowest BCUT2D eigenvalue weighted by molar-refractivity contribution is 1.01. The lowest BCUT2D eigenvalue weighted by atomic mass is 10.1. The van der Waals surface area contributed by atoms with E-state index in [0.717, 1.165) is 27.8 Å². The number of para-hydroxylation sites is 1. The molecule has 0 fully saturated rings. The summed E-state index contributed by atoms with van der Waals surface area (Å²) in [6.45, 7) is 0.562. The molecule has 0 amide bonds. The first-order valence-electron chi connectivity index (χ1n) is 6.42. The molecule has 21 heavy (non-hydrogen) atoms. The second-order valence-electron chi connectivity index (χ2n) is 4.48. The number of hydrogen-bond acceptors (Lipinski definition) is 5. The highest BCUT2D eigenvalue weighted by Crippen LogP contribution is 2.26. The predicted molar refractivity (Wildman–Crippen MR) is 87.0 cm³/mol.